The van der Waals surface area contributed by atoms with Crippen LogP contribution >= 0.6 is 0 Å². The fraction of sp³-hybridized carbons (Fsp3) is 0. The first-order valence-electron chi connectivity index (χ1n) is 1.38. The van der Waals surface area contributed by atoms with Crippen molar-refractivity contribution in [1.29, 1.82) is 0 Å². The molecule has 0 unspecified atom stereocenters. The van der Waals surface area contributed by atoms with Crippen molar-refractivity contribution in [3.8, 4) is 0 Å². The minimum Gasteiger partial charge on any atom is -0.726 e. The topological polar surface area (TPSA) is 97.7 Å². The summed E-state index contributed by atoms with van der Waals surface area (Å²) in [6.07, 6.45) is 0. The van der Waals surface area contributed by atoms with Gasteiger partial charge in [0.1, 0.15) is 0 Å². The molecule has 0 radical (unpaired) electrons. The maximum Gasteiger partial charge on any atom is 1.00 e. The molecule has 56 valence electrons. The van der Waals surface area contributed by atoms with Crippen molar-refractivity contribution < 1.29 is 50.0 Å². The smallest absolute Gasteiger partial charge is 0.726 e. The minimum absolute atomic E-state index is 0. The van der Waals surface area contributed by atoms with E-state index in [-0.39, 0.29) is 18.9 Å². The van der Waals surface area contributed by atoms with E-state index in [2.05, 4.69) is 0 Å². The van der Waals surface area contributed by atoms with Gasteiger partial charge < -0.3 is 9.58 Å². The first-order chi connectivity index (χ1) is 3.73. The second-order valence-electron chi connectivity index (χ2n) is 0.705. The molecule has 0 saturated heterocycles. The van der Waals surface area contributed by atoms with E-state index in [9.17, 15) is 8.63 Å². The number of halogens is 2. The van der Waals surface area contributed by atoms with Crippen LogP contribution in [0.2, 0.25) is 0 Å². The molecule has 0 aromatic heterocycles. The quantitative estimate of drug-likeness (QED) is 0.219. The molecule has 0 aliphatic heterocycles. The van der Waals surface area contributed by atoms with E-state index in [4.69, 9.17) is 22.5 Å². The molecular formula is H2BF2LiO5S. The molecule has 0 spiro atoms. The van der Waals surface area contributed by atoms with Gasteiger partial charge in [0.05, 0.1) is 0 Å². The Balaban J connectivity index is -0.0000000910. The van der Waals surface area contributed by atoms with Crippen molar-refractivity contribution in [2.75, 3.05) is 0 Å². The van der Waals surface area contributed by atoms with Crippen LogP contribution in [-0.2, 0) is 10.4 Å². The first-order valence-corrected chi connectivity index (χ1v) is 2.74. The summed E-state index contributed by atoms with van der Waals surface area (Å²) in [5.74, 6) is 0. The Labute approximate surface area is 68.4 Å². The number of rotatable bonds is 0. The van der Waals surface area contributed by atoms with Gasteiger partial charge in [-0.1, -0.05) is 0 Å². The van der Waals surface area contributed by atoms with Gasteiger partial charge in [-0.05, 0) is 0 Å². The second kappa shape index (κ2) is 7.46. The van der Waals surface area contributed by atoms with Crippen LogP contribution in [0.5, 0.6) is 0 Å². The van der Waals surface area contributed by atoms with Gasteiger partial charge in [0.25, 0.3) is 0 Å². The van der Waals surface area contributed by atoms with Gasteiger partial charge in [-0.3, -0.25) is 13.2 Å². The number of hydrogen-bond donors (Lipinski definition) is 2. The SMILES string of the molecule is O=S(=O)([O-])O.OB(F)F.[Li+]. The Hall–Kier alpha value is 0.352. The van der Waals surface area contributed by atoms with Gasteiger partial charge in [-0.25, -0.2) is 8.42 Å². The molecule has 0 aliphatic carbocycles. The molecule has 2 N–H and O–H groups in total. The van der Waals surface area contributed by atoms with E-state index in [1.54, 1.807) is 0 Å². The molecule has 0 aliphatic rings. The summed E-state index contributed by atoms with van der Waals surface area (Å²) in [6, 6.07) is 0. The van der Waals surface area contributed by atoms with Crippen LogP contribution in [0.15, 0.2) is 0 Å². The van der Waals surface area contributed by atoms with Gasteiger partial charge in [-0.2, -0.15) is 0 Å². The van der Waals surface area contributed by atoms with Gasteiger partial charge in [0.2, 0.25) is 10.4 Å². The van der Waals surface area contributed by atoms with Crippen LogP contribution in [-0.4, -0.2) is 30.0 Å². The summed E-state index contributed by atoms with van der Waals surface area (Å²) in [6.45, 7) is 0. The molecule has 0 bridgehead atoms. The van der Waals surface area contributed by atoms with E-state index >= 15 is 0 Å². The summed E-state index contributed by atoms with van der Waals surface area (Å²) >= 11 is 0. The molecule has 0 aromatic carbocycles. The zero-order valence-corrected chi connectivity index (χ0v) is 5.68. The third kappa shape index (κ3) is 3640. The monoisotopic (exact) mass is 170 g/mol. The normalized spacial score (nSPS) is 8.50. The second-order valence-corrected chi connectivity index (χ2v) is 1.56. The molecule has 0 saturated carbocycles. The van der Waals surface area contributed by atoms with Gasteiger partial charge in [-0.15, -0.1) is 0 Å². The predicted molar refractivity (Wildman–Crippen MR) is 22.5 cm³/mol. The molecule has 0 rings (SSSR count). The van der Waals surface area contributed by atoms with Crippen LogP contribution < -0.4 is 18.9 Å². The maximum absolute atomic E-state index is 9.89. The van der Waals surface area contributed by atoms with E-state index in [1.807, 2.05) is 0 Å². The molecular weight excluding hydrogens is 168 g/mol. The Morgan fingerprint density at radius 1 is 1.40 bits per heavy atom. The molecule has 0 fully saturated rings. The van der Waals surface area contributed by atoms with Crippen molar-refractivity contribution in [1.82, 2.24) is 0 Å². The van der Waals surface area contributed by atoms with Crippen LogP contribution in [0.3, 0.4) is 0 Å². The van der Waals surface area contributed by atoms with Gasteiger partial charge in [0, 0.05) is 0 Å². The predicted octanol–water partition coefficient (Wildman–Crippen LogP) is -4.09. The van der Waals surface area contributed by atoms with Crippen LogP contribution in [0.4, 0.5) is 8.63 Å². The standard InChI is InChI=1S/BF2HO.Li.H2O4S/c2-1(3)4;;1-5(2,3)4/h4H;;(H2,1,2,3,4)/q;+1;/p-1. The number of hydrogen-bond acceptors (Lipinski definition) is 4. The van der Waals surface area contributed by atoms with E-state index in [0.717, 1.165) is 0 Å². The maximum atomic E-state index is 9.89. The van der Waals surface area contributed by atoms with Gasteiger partial charge >= 0.3 is 26.3 Å². The fourth-order valence-corrected chi connectivity index (χ4v) is 0. The average Bonchev–Trinajstić information content (AvgIpc) is 1.19. The molecule has 0 heterocycles. The Bertz CT molecular complexity index is 131. The molecule has 0 amide bonds. The van der Waals surface area contributed by atoms with Crippen LogP contribution in [0.25, 0.3) is 0 Å². The van der Waals surface area contributed by atoms with E-state index in [0.29, 0.717) is 0 Å². The van der Waals surface area contributed by atoms with Crippen molar-refractivity contribution in [2.45, 2.75) is 0 Å². The van der Waals surface area contributed by atoms with Crippen molar-refractivity contribution >= 4 is 17.9 Å². The van der Waals surface area contributed by atoms with Crippen molar-refractivity contribution in [3.05, 3.63) is 0 Å². The Morgan fingerprint density at radius 2 is 1.40 bits per heavy atom. The summed E-state index contributed by atoms with van der Waals surface area (Å²) in [5.41, 5.74) is 0. The summed E-state index contributed by atoms with van der Waals surface area (Å²) in [7, 11) is -8.08. The van der Waals surface area contributed by atoms with Gasteiger partial charge in [0.15, 0.2) is 0 Å². The third-order valence-corrected chi connectivity index (χ3v) is 0. The molecule has 0 atom stereocenters. The summed E-state index contributed by atoms with van der Waals surface area (Å²) < 4.78 is 52.6. The zero-order chi connectivity index (χ0) is 8.08. The largest absolute Gasteiger partial charge is 1.00 e. The molecule has 5 nitrogen and oxygen atoms in total. The Morgan fingerprint density at radius 3 is 1.40 bits per heavy atom. The first kappa shape index (κ1) is 16.8. The fourth-order valence-electron chi connectivity index (χ4n) is 0. The molecule has 0 aromatic rings. The molecule has 10 heavy (non-hydrogen) atoms. The average molecular weight is 170 g/mol. The van der Waals surface area contributed by atoms with Crippen molar-refractivity contribution in [2.24, 2.45) is 0 Å². The Kier molecular flexibility index (Phi) is 12.5. The summed E-state index contributed by atoms with van der Waals surface area (Å²) in [5, 5.41) is 6.72. The van der Waals surface area contributed by atoms with Crippen molar-refractivity contribution in [3.63, 3.8) is 0 Å². The minimum atomic E-state index is -4.92. The van der Waals surface area contributed by atoms with Crippen LogP contribution in [0, 0.1) is 0 Å². The van der Waals surface area contributed by atoms with Crippen LogP contribution in [0.1, 0.15) is 0 Å². The molecule has 10 heteroatoms. The third-order valence-electron chi connectivity index (χ3n) is 0. The van der Waals surface area contributed by atoms with E-state index in [1.165, 1.54) is 0 Å². The van der Waals surface area contributed by atoms with E-state index < -0.39 is 17.9 Å². The zero-order valence-electron chi connectivity index (χ0n) is 4.86. The summed E-state index contributed by atoms with van der Waals surface area (Å²) in [4.78, 5) is 0.